The molecule has 1 aromatic rings. The highest BCUT2D eigenvalue weighted by Gasteiger charge is 2.32. The fourth-order valence-corrected chi connectivity index (χ4v) is 3.66. The molecule has 0 spiro atoms. The third kappa shape index (κ3) is 3.67. The van der Waals surface area contributed by atoms with Gasteiger partial charge in [-0.05, 0) is 49.8 Å². The van der Waals surface area contributed by atoms with Crippen LogP contribution in [-0.4, -0.2) is 41.8 Å². The third-order valence-electron chi connectivity index (χ3n) is 4.93. The Labute approximate surface area is 148 Å². The van der Waals surface area contributed by atoms with Crippen LogP contribution in [0.4, 0.5) is 5.69 Å². The molecule has 6 heteroatoms. The maximum atomic E-state index is 12.8. The molecule has 134 valence electrons. The average Bonchev–Trinajstić information content (AvgIpc) is 2.63. The van der Waals surface area contributed by atoms with Crippen molar-refractivity contribution in [1.29, 1.82) is 0 Å². The minimum Gasteiger partial charge on any atom is -0.352 e. The van der Waals surface area contributed by atoms with Crippen LogP contribution in [0, 0.1) is 0 Å². The second kappa shape index (κ2) is 7.68. The average molecular weight is 343 g/mol. The number of piperidine rings is 1. The molecule has 1 fully saturated rings. The molecule has 2 aliphatic rings. The van der Waals surface area contributed by atoms with Gasteiger partial charge in [0, 0.05) is 30.8 Å². The van der Waals surface area contributed by atoms with Crippen LogP contribution in [0.15, 0.2) is 18.2 Å². The van der Waals surface area contributed by atoms with Crippen LogP contribution in [0.2, 0.25) is 0 Å². The molecule has 0 radical (unpaired) electrons. The van der Waals surface area contributed by atoms with Crippen LogP contribution >= 0.6 is 0 Å². The van der Waals surface area contributed by atoms with E-state index in [0.717, 1.165) is 24.8 Å². The van der Waals surface area contributed by atoms with E-state index in [2.05, 4.69) is 10.6 Å². The molecule has 0 unspecified atom stereocenters. The van der Waals surface area contributed by atoms with Crippen LogP contribution < -0.4 is 10.6 Å². The molecule has 0 aromatic heterocycles. The molecule has 3 amide bonds. The van der Waals surface area contributed by atoms with Crippen molar-refractivity contribution in [3.8, 4) is 0 Å². The number of nitrogens with zero attached hydrogens (tertiary/aromatic N) is 1. The normalized spacial score (nSPS) is 19.8. The summed E-state index contributed by atoms with van der Waals surface area (Å²) in [7, 11) is 0. The molecule has 1 aromatic carbocycles. The predicted octanol–water partition coefficient (Wildman–Crippen LogP) is 2.09. The van der Waals surface area contributed by atoms with E-state index in [1.165, 1.54) is 0 Å². The van der Waals surface area contributed by atoms with Crippen molar-refractivity contribution in [3.05, 3.63) is 29.3 Å². The lowest BCUT2D eigenvalue weighted by Gasteiger charge is -2.35. The summed E-state index contributed by atoms with van der Waals surface area (Å²) >= 11 is 0. The van der Waals surface area contributed by atoms with E-state index in [1.54, 1.807) is 17.0 Å². The van der Waals surface area contributed by atoms with Gasteiger partial charge in [-0.15, -0.1) is 0 Å². The number of anilines is 1. The number of carbonyl (C=O) groups excluding carboxylic acids is 3. The standard InChI is InChI=1S/C19H25N3O3/c1-2-6-17(23)22-12-4-3-9-16(22)19(25)21-15-8-5-7-14-13(15)10-11-20-18(14)24/h5,7-8,16H,2-4,6,9-12H2,1H3,(H,20,24)(H,21,25)/t16-/m1/s1. The first-order valence-corrected chi connectivity index (χ1v) is 9.12. The number of hydrogen-bond donors (Lipinski definition) is 2. The zero-order valence-electron chi connectivity index (χ0n) is 14.6. The number of hydrogen-bond acceptors (Lipinski definition) is 3. The monoisotopic (exact) mass is 343 g/mol. The van der Waals surface area contributed by atoms with E-state index in [1.807, 2.05) is 13.0 Å². The summed E-state index contributed by atoms with van der Waals surface area (Å²) < 4.78 is 0. The Kier molecular flexibility index (Phi) is 5.36. The van der Waals surface area contributed by atoms with Gasteiger partial charge in [0.2, 0.25) is 11.8 Å². The fourth-order valence-electron chi connectivity index (χ4n) is 3.66. The van der Waals surface area contributed by atoms with Gasteiger partial charge in [-0.2, -0.15) is 0 Å². The second-order valence-corrected chi connectivity index (χ2v) is 6.68. The van der Waals surface area contributed by atoms with Crippen molar-refractivity contribution in [2.24, 2.45) is 0 Å². The van der Waals surface area contributed by atoms with E-state index in [4.69, 9.17) is 0 Å². The summed E-state index contributed by atoms with van der Waals surface area (Å²) in [4.78, 5) is 38.9. The largest absolute Gasteiger partial charge is 0.352 e. The molecular formula is C19H25N3O3. The van der Waals surface area contributed by atoms with E-state index in [-0.39, 0.29) is 17.7 Å². The zero-order chi connectivity index (χ0) is 17.8. The highest BCUT2D eigenvalue weighted by molar-refractivity contribution is 6.02. The molecule has 0 saturated carbocycles. The molecule has 0 aliphatic carbocycles. The third-order valence-corrected chi connectivity index (χ3v) is 4.93. The second-order valence-electron chi connectivity index (χ2n) is 6.68. The first-order chi connectivity index (χ1) is 12.1. The van der Waals surface area contributed by atoms with Crippen LogP contribution in [0.25, 0.3) is 0 Å². The summed E-state index contributed by atoms with van der Waals surface area (Å²) in [6.45, 7) is 3.19. The molecule has 2 heterocycles. The van der Waals surface area contributed by atoms with Crippen LogP contribution in [-0.2, 0) is 16.0 Å². The molecule has 2 aliphatic heterocycles. The highest BCUT2D eigenvalue weighted by atomic mass is 16.2. The SMILES string of the molecule is CCCC(=O)N1CCCC[C@@H]1C(=O)Nc1cccc2c1CCNC2=O. The lowest BCUT2D eigenvalue weighted by Crippen LogP contribution is -2.50. The summed E-state index contributed by atoms with van der Waals surface area (Å²) in [5.41, 5.74) is 2.18. The fraction of sp³-hybridized carbons (Fsp3) is 0.526. The number of rotatable bonds is 4. The first kappa shape index (κ1) is 17.5. The molecule has 25 heavy (non-hydrogen) atoms. The minimum atomic E-state index is -0.416. The maximum Gasteiger partial charge on any atom is 0.251 e. The topological polar surface area (TPSA) is 78.5 Å². The number of likely N-dealkylation sites (tertiary alicyclic amines) is 1. The number of nitrogens with one attached hydrogen (secondary N) is 2. The van der Waals surface area contributed by atoms with Crippen LogP contribution in [0.3, 0.4) is 0 Å². The Morgan fingerprint density at radius 3 is 2.96 bits per heavy atom. The molecule has 1 saturated heterocycles. The molecule has 6 nitrogen and oxygen atoms in total. The Bertz CT molecular complexity index is 686. The van der Waals surface area contributed by atoms with Crippen molar-refractivity contribution in [2.75, 3.05) is 18.4 Å². The van der Waals surface area contributed by atoms with E-state index < -0.39 is 6.04 Å². The van der Waals surface area contributed by atoms with Gasteiger partial charge < -0.3 is 15.5 Å². The van der Waals surface area contributed by atoms with Crippen molar-refractivity contribution in [3.63, 3.8) is 0 Å². The highest BCUT2D eigenvalue weighted by Crippen LogP contribution is 2.25. The lowest BCUT2D eigenvalue weighted by molar-refractivity contribution is -0.140. The Morgan fingerprint density at radius 1 is 1.32 bits per heavy atom. The predicted molar refractivity (Wildman–Crippen MR) is 95.4 cm³/mol. The first-order valence-electron chi connectivity index (χ1n) is 9.12. The summed E-state index contributed by atoms with van der Waals surface area (Å²) in [6.07, 6.45) is 4.54. The van der Waals surface area contributed by atoms with E-state index >= 15 is 0 Å². The van der Waals surface area contributed by atoms with Crippen molar-refractivity contribution in [2.45, 2.75) is 51.5 Å². The molecule has 1 atom stereocenters. The van der Waals surface area contributed by atoms with Crippen molar-refractivity contribution >= 4 is 23.4 Å². The lowest BCUT2D eigenvalue weighted by atomic mass is 9.97. The number of carbonyl (C=O) groups is 3. The maximum absolute atomic E-state index is 12.8. The number of benzene rings is 1. The van der Waals surface area contributed by atoms with Gasteiger partial charge in [0.05, 0.1) is 0 Å². The van der Waals surface area contributed by atoms with Gasteiger partial charge in [-0.3, -0.25) is 14.4 Å². The van der Waals surface area contributed by atoms with Crippen LogP contribution in [0.1, 0.15) is 54.9 Å². The number of amides is 3. The van der Waals surface area contributed by atoms with Crippen molar-refractivity contribution < 1.29 is 14.4 Å². The quantitative estimate of drug-likeness (QED) is 0.879. The Morgan fingerprint density at radius 2 is 2.16 bits per heavy atom. The summed E-state index contributed by atoms with van der Waals surface area (Å²) in [6, 6.07) is 4.97. The van der Waals surface area contributed by atoms with Gasteiger partial charge in [0.15, 0.2) is 0 Å². The van der Waals surface area contributed by atoms with Crippen LogP contribution in [0.5, 0.6) is 0 Å². The van der Waals surface area contributed by atoms with Gasteiger partial charge in [-0.1, -0.05) is 13.0 Å². The Hall–Kier alpha value is -2.37. The Balaban J connectivity index is 1.78. The molecule has 3 rings (SSSR count). The number of fused-ring (bicyclic) bond motifs is 1. The minimum absolute atomic E-state index is 0.0526. The summed E-state index contributed by atoms with van der Waals surface area (Å²) in [5, 5.41) is 5.79. The molecule has 0 bridgehead atoms. The molecule has 2 N–H and O–H groups in total. The van der Waals surface area contributed by atoms with Gasteiger partial charge in [0.1, 0.15) is 6.04 Å². The van der Waals surface area contributed by atoms with E-state index in [9.17, 15) is 14.4 Å². The van der Waals surface area contributed by atoms with Gasteiger partial charge >= 0.3 is 0 Å². The van der Waals surface area contributed by atoms with Gasteiger partial charge in [0.25, 0.3) is 5.91 Å². The van der Waals surface area contributed by atoms with Gasteiger partial charge in [-0.25, -0.2) is 0 Å². The van der Waals surface area contributed by atoms with E-state index in [0.29, 0.717) is 43.6 Å². The molecular weight excluding hydrogens is 318 g/mol. The zero-order valence-corrected chi connectivity index (χ0v) is 14.6. The summed E-state index contributed by atoms with van der Waals surface area (Å²) in [5.74, 6) is -0.199. The smallest absolute Gasteiger partial charge is 0.251 e. The van der Waals surface area contributed by atoms with Crippen molar-refractivity contribution in [1.82, 2.24) is 10.2 Å².